The van der Waals surface area contributed by atoms with Gasteiger partial charge < -0.3 is 4.74 Å². The molecule has 19 heavy (non-hydrogen) atoms. The molecule has 104 valence electrons. The first-order chi connectivity index (χ1) is 8.77. The first kappa shape index (κ1) is 15.2. The van der Waals surface area contributed by atoms with Gasteiger partial charge in [0, 0.05) is 12.0 Å². The number of benzene rings is 1. The van der Waals surface area contributed by atoms with E-state index in [-0.39, 0.29) is 6.42 Å². The van der Waals surface area contributed by atoms with Crippen LogP contribution in [-0.2, 0) is 15.7 Å². The van der Waals surface area contributed by atoms with Crippen molar-refractivity contribution >= 4 is 11.8 Å². The molecule has 1 atom stereocenters. The van der Waals surface area contributed by atoms with Crippen LogP contribution in [0.5, 0.6) is 0 Å². The minimum Gasteiger partial charge on any atom is -0.469 e. The van der Waals surface area contributed by atoms with E-state index in [2.05, 4.69) is 4.74 Å². The Morgan fingerprint density at radius 1 is 1.26 bits per heavy atom. The first-order valence-corrected chi connectivity index (χ1v) is 5.54. The summed E-state index contributed by atoms with van der Waals surface area (Å²) in [5.74, 6) is -2.14. The average molecular weight is 274 g/mol. The van der Waals surface area contributed by atoms with Crippen molar-refractivity contribution in [1.82, 2.24) is 0 Å². The lowest BCUT2D eigenvalue weighted by Crippen LogP contribution is -2.19. The molecule has 1 unspecified atom stereocenters. The SMILES string of the molecule is COC(=O)C(C)CC(=O)c1ccccc1C(F)(F)F. The molecule has 0 aliphatic rings. The molecule has 0 aliphatic carbocycles. The van der Waals surface area contributed by atoms with Crippen molar-refractivity contribution in [2.24, 2.45) is 5.92 Å². The molecule has 0 N–H and O–H groups in total. The van der Waals surface area contributed by atoms with Gasteiger partial charge in [0.15, 0.2) is 5.78 Å². The van der Waals surface area contributed by atoms with Crippen LogP contribution in [0.25, 0.3) is 0 Å². The molecule has 6 heteroatoms. The van der Waals surface area contributed by atoms with Crippen LogP contribution >= 0.6 is 0 Å². The molecule has 1 aromatic carbocycles. The molecule has 0 saturated heterocycles. The Bertz CT molecular complexity index is 480. The number of hydrogen-bond donors (Lipinski definition) is 0. The zero-order valence-corrected chi connectivity index (χ0v) is 10.5. The number of carbonyl (C=O) groups excluding carboxylic acids is 2. The van der Waals surface area contributed by atoms with Gasteiger partial charge in [-0.25, -0.2) is 0 Å². The quantitative estimate of drug-likeness (QED) is 0.626. The van der Waals surface area contributed by atoms with Crippen LogP contribution in [0, 0.1) is 5.92 Å². The second-order valence-electron chi connectivity index (χ2n) is 4.09. The highest BCUT2D eigenvalue weighted by Crippen LogP contribution is 2.32. The highest BCUT2D eigenvalue weighted by molar-refractivity contribution is 5.99. The van der Waals surface area contributed by atoms with Gasteiger partial charge in [-0.3, -0.25) is 9.59 Å². The summed E-state index contributed by atoms with van der Waals surface area (Å²) < 4.78 is 42.6. The van der Waals surface area contributed by atoms with Gasteiger partial charge in [-0.2, -0.15) is 13.2 Å². The van der Waals surface area contributed by atoms with E-state index < -0.39 is 35.0 Å². The number of rotatable bonds is 4. The predicted molar refractivity (Wildman–Crippen MR) is 61.6 cm³/mol. The Morgan fingerprint density at radius 3 is 2.37 bits per heavy atom. The third-order valence-electron chi connectivity index (χ3n) is 2.63. The Balaban J connectivity index is 2.98. The maximum Gasteiger partial charge on any atom is 0.417 e. The molecule has 0 bridgehead atoms. The van der Waals surface area contributed by atoms with E-state index in [1.54, 1.807) is 0 Å². The number of Topliss-reactive ketones (excluding diaryl/α,β-unsaturated/α-hetero) is 1. The summed E-state index contributed by atoms with van der Waals surface area (Å²) in [5.41, 5.74) is -1.41. The lowest BCUT2D eigenvalue weighted by atomic mass is 9.96. The number of hydrogen-bond acceptors (Lipinski definition) is 3. The summed E-state index contributed by atoms with van der Waals surface area (Å²) in [7, 11) is 1.16. The van der Waals surface area contributed by atoms with E-state index in [0.29, 0.717) is 0 Å². The van der Waals surface area contributed by atoms with Crippen molar-refractivity contribution < 1.29 is 27.5 Å². The number of alkyl halides is 3. The van der Waals surface area contributed by atoms with Gasteiger partial charge >= 0.3 is 12.1 Å². The molecule has 0 fully saturated rings. The fourth-order valence-electron chi connectivity index (χ4n) is 1.65. The maximum atomic E-state index is 12.7. The largest absolute Gasteiger partial charge is 0.469 e. The van der Waals surface area contributed by atoms with Gasteiger partial charge in [0.05, 0.1) is 18.6 Å². The van der Waals surface area contributed by atoms with Crippen molar-refractivity contribution in [3.63, 3.8) is 0 Å². The summed E-state index contributed by atoms with van der Waals surface area (Å²) in [5, 5.41) is 0. The summed E-state index contributed by atoms with van der Waals surface area (Å²) in [6.07, 6.45) is -4.92. The van der Waals surface area contributed by atoms with E-state index in [9.17, 15) is 22.8 Å². The van der Waals surface area contributed by atoms with E-state index in [1.807, 2.05) is 0 Å². The molecule has 0 saturated carbocycles. The van der Waals surface area contributed by atoms with E-state index in [1.165, 1.54) is 19.1 Å². The maximum absolute atomic E-state index is 12.7. The molecular weight excluding hydrogens is 261 g/mol. The van der Waals surface area contributed by atoms with Crippen molar-refractivity contribution in [3.05, 3.63) is 35.4 Å². The number of methoxy groups -OCH3 is 1. The van der Waals surface area contributed by atoms with Gasteiger partial charge in [-0.15, -0.1) is 0 Å². The van der Waals surface area contributed by atoms with E-state index in [4.69, 9.17) is 0 Å². The van der Waals surface area contributed by atoms with Crippen LogP contribution < -0.4 is 0 Å². The molecule has 0 aromatic heterocycles. The summed E-state index contributed by atoms with van der Waals surface area (Å²) in [6, 6.07) is 4.51. The predicted octanol–water partition coefficient (Wildman–Crippen LogP) is 3.09. The lowest BCUT2D eigenvalue weighted by Gasteiger charge is -2.13. The van der Waals surface area contributed by atoms with E-state index in [0.717, 1.165) is 19.2 Å². The number of ketones is 1. The Labute approximate surface area is 108 Å². The van der Waals surface area contributed by atoms with Crippen molar-refractivity contribution in [2.75, 3.05) is 7.11 Å². The molecule has 3 nitrogen and oxygen atoms in total. The molecule has 0 radical (unpaired) electrons. The zero-order chi connectivity index (χ0) is 14.6. The minimum absolute atomic E-state index is 0.320. The molecule has 0 heterocycles. The highest BCUT2D eigenvalue weighted by Gasteiger charge is 2.35. The van der Waals surface area contributed by atoms with Gasteiger partial charge in [-0.1, -0.05) is 25.1 Å². The Morgan fingerprint density at radius 2 is 1.84 bits per heavy atom. The van der Waals surface area contributed by atoms with E-state index >= 15 is 0 Å². The summed E-state index contributed by atoms with van der Waals surface area (Å²) in [6.45, 7) is 1.43. The standard InChI is InChI=1S/C13H13F3O3/c1-8(12(18)19-2)7-11(17)9-5-3-4-6-10(9)13(14,15)16/h3-6,8H,7H2,1-2H3. The zero-order valence-electron chi connectivity index (χ0n) is 10.5. The number of ether oxygens (including phenoxy) is 1. The van der Waals surface area contributed by atoms with Crippen LogP contribution in [0.4, 0.5) is 13.2 Å². The first-order valence-electron chi connectivity index (χ1n) is 5.54. The van der Waals surface area contributed by atoms with Crippen molar-refractivity contribution in [3.8, 4) is 0 Å². The lowest BCUT2D eigenvalue weighted by molar-refractivity contribution is -0.144. The molecule has 0 aliphatic heterocycles. The van der Waals surface area contributed by atoms with Gasteiger partial charge in [0.1, 0.15) is 0 Å². The second-order valence-corrected chi connectivity index (χ2v) is 4.09. The van der Waals surface area contributed by atoms with Gasteiger partial charge in [0.25, 0.3) is 0 Å². The number of carbonyl (C=O) groups is 2. The van der Waals surface area contributed by atoms with Crippen LogP contribution in [0.1, 0.15) is 29.3 Å². The minimum atomic E-state index is -4.60. The number of halogens is 3. The van der Waals surface area contributed by atoms with Crippen molar-refractivity contribution in [1.29, 1.82) is 0 Å². The third-order valence-corrected chi connectivity index (χ3v) is 2.63. The molecule has 1 rings (SSSR count). The summed E-state index contributed by atoms with van der Waals surface area (Å²) >= 11 is 0. The number of esters is 1. The third kappa shape index (κ3) is 3.81. The van der Waals surface area contributed by atoms with Crippen molar-refractivity contribution in [2.45, 2.75) is 19.5 Å². The Kier molecular flexibility index (Phi) is 4.69. The van der Waals surface area contributed by atoms with Crippen LogP contribution in [0.15, 0.2) is 24.3 Å². The second kappa shape index (κ2) is 5.86. The molecule has 0 amide bonds. The van der Waals surface area contributed by atoms with Crippen LogP contribution in [-0.4, -0.2) is 18.9 Å². The molecular formula is C13H13F3O3. The highest BCUT2D eigenvalue weighted by atomic mass is 19.4. The average Bonchev–Trinajstić information content (AvgIpc) is 2.36. The van der Waals surface area contributed by atoms with Crippen LogP contribution in [0.2, 0.25) is 0 Å². The fourth-order valence-corrected chi connectivity index (χ4v) is 1.65. The molecule has 1 aromatic rings. The van der Waals surface area contributed by atoms with Gasteiger partial charge in [-0.05, 0) is 6.07 Å². The topological polar surface area (TPSA) is 43.4 Å². The fraction of sp³-hybridized carbons (Fsp3) is 0.385. The Hall–Kier alpha value is -1.85. The molecule has 0 spiro atoms. The normalized spacial score (nSPS) is 12.9. The summed E-state index contributed by atoms with van der Waals surface area (Å²) in [4.78, 5) is 23.0. The van der Waals surface area contributed by atoms with Gasteiger partial charge in [0.2, 0.25) is 0 Å². The smallest absolute Gasteiger partial charge is 0.417 e. The monoisotopic (exact) mass is 274 g/mol. The van der Waals surface area contributed by atoms with Crippen LogP contribution in [0.3, 0.4) is 0 Å².